The molecule has 8 N–H and O–H groups in total. The Kier molecular flexibility index (Phi) is 20.6. The molecule has 4 heterocycles. The molecule has 0 fully saturated rings. The molecule has 0 aliphatic heterocycles. The topological polar surface area (TPSA) is 353 Å². The molecule has 0 aliphatic carbocycles. The lowest BCUT2D eigenvalue weighted by atomic mass is 9.92. The highest BCUT2D eigenvalue weighted by molar-refractivity contribution is 6.25. The Morgan fingerprint density at radius 1 is 0.220 bits per heavy atom. The molecule has 0 spiro atoms. The molecule has 0 radical (unpaired) electrons. The number of fused-ring (bicyclic) bond motifs is 7. The summed E-state index contributed by atoms with van der Waals surface area (Å²) in [5.41, 5.74) is 4.87. The molecule has 24 nitrogen and oxygen atoms in total. The van der Waals surface area contributed by atoms with Crippen LogP contribution in [0.5, 0.6) is 70.0 Å². The molecule has 598 valence electrons. The smallest absolute Gasteiger partial charge is 0.320 e. The van der Waals surface area contributed by atoms with Gasteiger partial charge in [-0.15, -0.1) is 0 Å². The van der Waals surface area contributed by atoms with E-state index in [2.05, 4.69) is 169 Å². The zero-order valence-electron chi connectivity index (χ0n) is 66.0. The van der Waals surface area contributed by atoms with E-state index in [0.717, 1.165) is 97.7 Å². The number of phenolic OH excluding ortho intramolecular Hbond substituents is 8. The third-order valence-electron chi connectivity index (χ3n) is 20.9. The molecule has 17 aromatic carbocycles. The SMILES string of the molecule is CCOc1nc(-c2ccc3cc4ccccc4cc3c2)nc(-c2ccc(O)cc2O)n1.COc1nc(-c2ccc(O)cc2O)nc(-c2c3ccccc3cc3ccccc23)n1.COc1nc(-c2ccc(O)cc2O)nc(-c2cc3ccccc3c3ccccc23)n1.COc1nc(-c2ccc(O)cc2O)nc(-c2ccc3ccc4cccc5ccc2c3c45)n1. The lowest BCUT2D eigenvalue weighted by Crippen LogP contribution is -2.03. The second-order valence-corrected chi connectivity index (χ2v) is 28.5. The summed E-state index contributed by atoms with van der Waals surface area (Å²) in [6.45, 7) is 2.25. The van der Waals surface area contributed by atoms with Gasteiger partial charge in [0.05, 0.1) is 50.2 Å². The van der Waals surface area contributed by atoms with Crippen molar-refractivity contribution >= 4 is 97.0 Å². The van der Waals surface area contributed by atoms with E-state index >= 15 is 0 Å². The van der Waals surface area contributed by atoms with Crippen LogP contribution in [-0.2, 0) is 0 Å². The van der Waals surface area contributed by atoms with Crippen molar-refractivity contribution in [2.75, 3.05) is 27.9 Å². The Hall–Kier alpha value is -17.0. The van der Waals surface area contributed by atoms with Crippen LogP contribution in [0.3, 0.4) is 0 Å². The summed E-state index contributed by atoms with van der Waals surface area (Å²) < 4.78 is 21.5. The molecule has 123 heavy (non-hydrogen) atoms. The van der Waals surface area contributed by atoms with E-state index in [1.54, 1.807) is 24.3 Å². The highest BCUT2D eigenvalue weighted by Crippen LogP contribution is 2.44. The maximum Gasteiger partial charge on any atom is 0.320 e. The summed E-state index contributed by atoms with van der Waals surface area (Å²) in [6.07, 6.45) is 0. The molecule has 21 rings (SSSR count). The van der Waals surface area contributed by atoms with Crippen LogP contribution in [-0.4, -0.2) is 129 Å². The second kappa shape index (κ2) is 32.8. The van der Waals surface area contributed by atoms with Crippen molar-refractivity contribution in [3.05, 3.63) is 291 Å². The Morgan fingerprint density at radius 2 is 0.553 bits per heavy atom. The molecule has 0 saturated heterocycles. The van der Waals surface area contributed by atoms with Gasteiger partial charge in [-0.1, -0.05) is 182 Å². The van der Waals surface area contributed by atoms with E-state index < -0.39 is 0 Å². The van der Waals surface area contributed by atoms with Crippen LogP contribution in [0.15, 0.2) is 291 Å². The van der Waals surface area contributed by atoms with Crippen molar-refractivity contribution < 1.29 is 59.8 Å². The number of hydrogen-bond donors (Lipinski definition) is 8. The van der Waals surface area contributed by atoms with Gasteiger partial charge < -0.3 is 59.8 Å². The van der Waals surface area contributed by atoms with Gasteiger partial charge in [-0.05, 0) is 189 Å². The Bertz CT molecular complexity index is 7630. The number of benzene rings is 17. The standard InChI is InChI=1S/C26H17N3O3.C25H19N3O3.2C24H17N3O3/c1-32-26-28-24(27-25(29-26)20-12-9-17(30)13-21(20)31)19-11-8-16-6-5-14-3-2-4-15-7-10-18(19)23(16)22(14)15;1-2-31-25-27-23(26-24(28-25)21-10-9-20(29)14-22(21)30)18-8-7-17-11-15-5-3-4-6-16(15)12-19(17)13-18;1-30-24-26-22(19-11-10-16(28)13-20(19)29)25-23(27-24)21-17-8-4-2-6-14(17)12-15-7-3-5-9-18(15)21;1-30-24-26-22(19-11-10-15(28)13-21(19)29)25-23(27-24)20-12-14-6-2-3-7-16(14)17-8-4-5-9-18(17)20/h2-13,30-31H,1H3;3-14,29-30H,2H2,1H3;2*2-13,28-29H,1H3. The van der Waals surface area contributed by atoms with Gasteiger partial charge in [0.2, 0.25) is 0 Å². The molecule has 0 unspecified atom stereocenters. The Morgan fingerprint density at radius 3 is 1.04 bits per heavy atom. The van der Waals surface area contributed by atoms with E-state index in [1.165, 1.54) is 91.4 Å². The summed E-state index contributed by atoms with van der Waals surface area (Å²) in [5, 5.41) is 99.5. The predicted molar refractivity (Wildman–Crippen MR) is 476 cm³/mol. The number of methoxy groups -OCH3 is 3. The van der Waals surface area contributed by atoms with Gasteiger partial charge in [0.25, 0.3) is 0 Å². The van der Waals surface area contributed by atoms with Gasteiger partial charge in [0.1, 0.15) is 46.0 Å². The monoisotopic (exact) mass is 1620 g/mol. The zero-order valence-corrected chi connectivity index (χ0v) is 66.0. The summed E-state index contributed by atoms with van der Waals surface area (Å²) >= 11 is 0. The Labute approximate surface area is 699 Å². The predicted octanol–water partition coefficient (Wildman–Crippen LogP) is 20.7. The van der Waals surface area contributed by atoms with Gasteiger partial charge in [0, 0.05) is 46.5 Å². The second-order valence-electron chi connectivity index (χ2n) is 28.5. The van der Waals surface area contributed by atoms with Crippen LogP contribution in [0, 0.1) is 0 Å². The Balaban J connectivity index is 0.000000112. The summed E-state index contributed by atoms with van der Waals surface area (Å²) in [7, 11) is 4.46. The largest absolute Gasteiger partial charge is 0.508 e. The van der Waals surface area contributed by atoms with Gasteiger partial charge in [-0.2, -0.15) is 39.9 Å². The lowest BCUT2D eigenvalue weighted by Gasteiger charge is -2.14. The van der Waals surface area contributed by atoms with Crippen molar-refractivity contribution in [3.63, 3.8) is 0 Å². The minimum Gasteiger partial charge on any atom is -0.508 e. The van der Waals surface area contributed by atoms with Crippen LogP contribution >= 0.6 is 0 Å². The third kappa shape index (κ3) is 15.4. The van der Waals surface area contributed by atoms with Crippen molar-refractivity contribution in [2.24, 2.45) is 0 Å². The molecule has 4 aromatic heterocycles. The summed E-state index contributed by atoms with van der Waals surface area (Å²) in [5.74, 6) is 2.13. The molecule has 0 bridgehead atoms. The average Bonchev–Trinajstić information content (AvgIpc) is 0.719. The van der Waals surface area contributed by atoms with E-state index in [-0.39, 0.29) is 93.3 Å². The fraction of sp³-hybridized carbons (Fsp3) is 0.0505. The fourth-order valence-corrected chi connectivity index (χ4v) is 15.2. The number of hydrogen-bond acceptors (Lipinski definition) is 24. The summed E-state index contributed by atoms with van der Waals surface area (Å²) in [6, 6.07) is 91.7. The lowest BCUT2D eigenvalue weighted by molar-refractivity contribution is 0.312. The number of nitrogens with zero attached hydrogens (tertiary/aromatic N) is 12. The number of aromatic nitrogens is 12. The van der Waals surface area contributed by atoms with Crippen molar-refractivity contribution in [1.29, 1.82) is 0 Å². The van der Waals surface area contributed by atoms with E-state index in [0.29, 0.717) is 52.2 Å². The normalized spacial score (nSPS) is 11.2. The number of rotatable bonds is 13. The average molecular weight is 1620 g/mol. The zero-order chi connectivity index (χ0) is 84.5. The minimum absolute atomic E-state index is 0.0395. The van der Waals surface area contributed by atoms with Crippen molar-refractivity contribution in [2.45, 2.75) is 6.92 Å². The van der Waals surface area contributed by atoms with Crippen LogP contribution < -0.4 is 18.9 Å². The van der Waals surface area contributed by atoms with Gasteiger partial charge in [0.15, 0.2) is 46.6 Å². The molecule has 0 atom stereocenters. The quantitative estimate of drug-likeness (QED) is 0.0392. The molecule has 0 amide bonds. The molecular weight excluding hydrogens is 1550 g/mol. The van der Waals surface area contributed by atoms with Gasteiger partial charge >= 0.3 is 24.0 Å². The maximum absolute atomic E-state index is 10.3. The van der Waals surface area contributed by atoms with E-state index in [1.807, 2.05) is 116 Å². The molecular formula is C99H70N12O12. The van der Waals surface area contributed by atoms with Crippen LogP contribution in [0.1, 0.15) is 6.92 Å². The van der Waals surface area contributed by atoms with Crippen molar-refractivity contribution in [3.8, 4) is 161 Å². The molecule has 21 aromatic rings. The molecule has 0 aliphatic rings. The first-order valence-electron chi connectivity index (χ1n) is 38.8. The highest BCUT2D eigenvalue weighted by atomic mass is 16.5. The first-order chi connectivity index (χ1) is 60.0. The molecule has 24 heteroatoms. The van der Waals surface area contributed by atoms with Crippen molar-refractivity contribution in [1.82, 2.24) is 59.8 Å². The number of ether oxygens (including phenoxy) is 4. The van der Waals surface area contributed by atoms with Crippen LogP contribution in [0.4, 0.5) is 0 Å². The van der Waals surface area contributed by atoms with Crippen LogP contribution in [0.25, 0.3) is 188 Å². The first-order valence-corrected chi connectivity index (χ1v) is 38.8. The van der Waals surface area contributed by atoms with Gasteiger partial charge in [-0.3, -0.25) is 0 Å². The van der Waals surface area contributed by atoms with Gasteiger partial charge in [-0.25, -0.2) is 19.9 Å². The first kappa shape index (κ1) is 77.2. The van der Waals surface area contributed by atoms with E-state index in [9.17, 15) is 40.9 Å². The molecule has 0 saturated carbocycles. The summed E-state index contributed by atoms with van der Waals surface area (Å²) in [4.78, 5) is 53.7. The number of phenols is 8. The number of aromatic hydroxyl groups is 8. The van der Waals surface area contributed by atoms with Crippen LogP contribution in [0.2, 0.25) is 0 Å². The fourth-order valence-electron chi connectivity index (χ4n) is 15.2. The highest BCUT2D eigenvalue weighted by Gasteiger charge is 2.24. The van der Waals surface area contributed by atoms with E-state index in [4.69, 9.17) is 18.9 Å². The maximum atomic E-state index is 10.3. The minimum atomic E-state index is -0.128. The third-order valence-corrected chi connectivity index (χ3v) is 20.9.